The van der Waals surface area contributed by atoms with Gasteiger partial charge in [-0.2, -0.15) is 5.10 Å². The van der Waals surface area contributed by atoms with Crippen molar-refractivity contribution in [3.8, 4) is 0 Å². The standard InChI is InChI=1S/C28H24N2O6/c1-34-25(31)22-23(26(32)35-2)29-30(24(22)27(33)36-3)28(19-13-7-4-8-14-19,20-15-9-5-10-16-20)21-17-11-6-12-18-21/h4-18H,1-3H3. The number of rotatable bonds is 7. The van der Waals surface area contributed by atoms with Gasteiger partial charge in [0.05, 0.1) is 21.3 Å². The Morgan fingerprint density at radius 3 is 1.36 bits per heavy atom. The number of carbonyl (C=O) groups excluding carboxylic acids is 3. The predicted molar refractivity (Wildman–Crippen MR) is 131 cm³/mol. The fourth-order valence-corrected chi connectivity index (χ4v) is 4.39. The van der Waals surface area contributed by atoms with Crippen molar-refractivity contribution in [3.05, 3.63) is 125 Å². The molecule has 0 saturated carbocycles. The molecule has 1 aromatic heterocycles. The number of carbonyl (C=O) groups is 3. The van der Waals surface area contributed by atoms with Crippen molar-refractivity contribution in [2.75, 3.05) is 21.3 Å². The lowest BCUT2D eigenvalue weighted by molar-refractivity contribution is 0.0533. The molecule has 0 unspecified atom stereocenters. The largest absolute Gasteiger partial charge is 0.465 e. The van der Waals surface area contributed by atoms with Crippen LogP contribution >= 0.6 is 0 Å². The van der Waals surface area contributed by atoms with Crippen molar-refractivity contribution < 1.29 is 28.6 Å². The molecular weight excluding hydrogens is 460 g/mol. The molecule has 4 aromatic rings. The highest BCUT2D eigenvalue weighted by Gasteiger charge is 2.46. The molecule has 0 aliphatic heterocycles. The second-order valence-electron chi connectivity index (χ2n) is 7.77. The first kappa shape index (κ1) is 24.4. The van der Waals surface area contributed by atoms with Crippen LogP contribution in [0.3, 0.4) is 0 Å². The minimum Gasteiger partial charge on any atom is -0.465 e. The van der Waals surface area contributed by atoms with Crippen LogP contribution in [0.4, 0.5) is 0 Å². The smallest absolute Gasteiger partial charge is 0.359 e. The van der Waals surface area contributed by atoms with Gasteiger partial charge in [0.2, 0.25) is 0 Å². The summed E-state index contributed by atoms with van der Waals surface area (Å²) < 4.78 is 16.3. The molecular formula is C28H24N2O6. The summed E-state index contributed by atoms with van der Waals surface area (Å²) in [6.45, 7) is 0. The maximum absolute atomic E-state index is 13.3. The second-order valence-corrected chi connectivity index (χ2v) is 7.77. The van der Waals surface area contributed by atoms with Crippen LogP contribution in [0.15, 0.2) is 91.0 Å². The highest BCUT2D eigenvalue weighted by Crippen LogP contribution is 2.42. The van der Waals surface area contributed by atoms with Gasteiger partial charge in [-0.25, -0.2) is 19.1 Å². The summed E-state index contributed by atoms with van der Waals surface area (Å²) in [5, 5.41) is 4.56. The summed E-state index contributed by atoms with van der Waals surface area (Å²) in [6, 6.07) is 28.1. The van der Waals surface area contributed by atoms with Gasteiger partial charge in [0.15, 0.2) is 11.4 Å². The molecule has 0 saturated heterocycles. The molecule has 0 aliphatic carbocycles. The fraction of sp³-hybridized carbons (Fsp3) is 0.143. The zero-order valence-electron chi connectivity index (χ0n) is 20.0. The highest BCUT2D eigenvalue weighted by atomic mass is 16.5. The number of aromatic nitrogens is 2. The summed E-state index contributed by atoms with van der Waals surface area (Å²) in [6.07, 6.45) is 0. The molecule has 36 heavy (non-hydrogen) atoms. The summed E-state index contributed by atoms with van der Waals surface area (Å²) in [7, 11) is 3.51. The number of benzene rings is 3. The number of esters is 3. The number of methoxy groups -OCH3 is 3. The molecule has 0 radical (unpaired) electrons. The highest BCUT2D eigenvalue weighted by molar-refractivity contribution is 6.09. The molecule has 0 bridgehead atoms. The molecule has 4 rings (SSSR count). The minimum absolute atomic E-state index is 0.249. The predicted octanol–water partition coefficient (Wildman–Crippen LogP) is 4.08. The van der Waals surface area contributed by atoms with Gasteiger partial charge in [-0.1, -0.05) is 91.0 Å². The molecule has 0 aliphatic rings. The minimum atomic E-state index is -1.29. The lowest BCUT2D eigenvalue weighted by atomic mass is 9.77. The van der Waals surface area contributed by atoms with E-state index in [4.69, 9.17) is 14.2 Å². The molecule has 0 fully saturated rings. The second kappa shape index (κ2) is 10.3. The van der Waals surface area contributed by atoms with E-state index < -0.39 is 23.4 Å². The van der Waals surface area contributed by atoms with Gasteiger partial charge in [-0.05, 0) is 16.7 Å². The first-order valence-electron chi connectivity index (χ1n) is 11.1. The molecule has 1 heterocycles. The number of hydrogen-bond acceptors (Lipinski definition) is 7. The van der Waals surface area contributed by atoms with E-state index in [1.54, 1.807) is 0 Å². The van der Waals surface area contributed by atoms with Gasteiger partial charge in [-0.15, -0.1) is 0 Å². The van der Waals surface area contributed by atoms with Crippen LogP contribution in [0.5, 0.6) is 0 Å². The molecule has 8 heteroatoms. The van der Waals surface area contributed by atoms with Gasteiger partial charge in [0.25, 0.3) is 0 Å². The summed E-state index contributed by atoms with van der Waals surface area (Å²) in [5.41, 5.74) is -0.0715. The van der Waals surface area contributed by atoms with E-state index >= 15 is 0 Å². The van der Waals surface area contributed by atoms with Crippen LogP contribution in [0.2, 0.25) is 0 Å². The van der Waals surface area contributed by atoms with Gasteiger partial charge < -0.3 is 14.2 Å². The maximum atomic E-state index is 13.3. The van der Waals surface area contributed by atoms with E-state index in [0.29, 0.717) is 0 Å². The van der Waals surface area contributed by atoms with Crippen LogP contribution < -0.4 is 0 Å². The Morgan fingerprint density at radius 1 is 0.611 bits per heavy atom. The summed E-state index contributed by atoms with van der Waals surface area (Å²) >= 11 is 0. The van der Waals surface area contributed by atoms with Crippen molar-refractivity contribution in [1.82, 2.24) is 9.78 Å². The Hall–Kier alpha value is -4.72. The van der Waals surface area contributed by atoms with E-state index in [2.05, 4.69) is 5.10 Å². The Morgan fingerprint density at radius 2 is 1.00 bits per heavy atom. The van der Waals surface area contributed by atoms with Gasteiger partial charge in [-0.3, -0.25) is 0 Å². The molecule has 0 amide bonds. The average Bonchev–Trinajstić information content (AvgIpc) is 3.35. The van der Waals surface area contributed by atoms with Crippen molar-refractivity contribution in [2.24, 2.45) is 0 Å². The third-order valence-corrected chi connectivity index (χ3v) is 5.92. The molecule has 0 atom stereocenters. The van der Waals surface area contributed by atoms with E-state index in [-0.39, 0.29) is 17.0 Å². The lowest BCUT2D eigenvalue weighted by Crippen LogP contribution is -2.41. The third-order valence-electron chi connectivity index (χ3n) is 5.92. The average molecular weight is 485 g/mol. The monoisotopic (exact) mass is 484 g/mol. The zero-order valence-corrected chi connectivity index (χ0v) is 20.0. The van der Waals surface area contributed by atoms with E-state index in [1.807, 2.05) is 91.0 Å². The van der Waals surface area contributed by atoms with Crippen molar-refractivity contribution in [3.63, 3.8) is 0 Å². The van der Waals surface area contributed by atoms with Crippen molar-refractivity contribution >= 4 is 17.9 Å². The van der Waals surface area contributed by atoms with Crippen LogP contribution in [0.1, 0.15) is 48.0 Å². The van der Waals surface area contributed by atoms with E-state index in [1.165, 1.54) is 18.9 Å². The SMILES string of the molecule is COC(=O)c1nn(C(c2ccccc2)(c2ccccc2)c2ccccc2)c(C(=O)OC)c1C(=O)OC. The fourth-order valence-electron chi connectivity index (χ4n) is 4.39. The molecule has 0 spiro atoms. The van der Waals surface area contributed by atoms with Gasteiger partial charge in [0.1, 0.15) is 11.1 Å². The quantitative estimate of drug-likeness (QED) is 0.221. The Labute approximate surface area is 208 Å². The molecule has 3 aromatic carbocycles. The van der Waals surface area contributed by atoms with Crippen LogP contribution in [-0.2, 0) is 19.7 Å². The first-order chi connectivity index (χ1) is 17.5. The molecule has 8 nitrogen and oxygen atoms in total. The lowest BCUT2D eigenvalue weighted by Gasteiger charge is -2.37. The van der Waals surface area contributed by atoms with Crippen LogP contribution in [0.25, 0.3) is 0 Å². The normalized spacial score (nSPS) is 11.0. The zero-order chi connectivity index (χ0) is 25.7. The topological polar surface area (TPSA) is 96.7 Å². The first-order valence-corrected chi connectivity index (χ1v) is 11.1. The Bertz CT molecular complexity index is 1290. The number of hydrogen-bond donors (Lipinski definition) is 0. The van der Waals surface area contributed by atoms with Crippen molar-refractivity contribution in [2.45, 2.75) is 5.54 Å². The summed E-state index contributed by atoms with van der Waals surface area (Å²) in [5.74, 6) is -2.70. The third kappa shape index (κ3) is 3.92. The van der Waals surface area contributed by atoms with Gasteiger partial charge >= 0.3 is 17.9 Å². The van der Waals surface area contributed by atoms with Crippen LogP contribution in [0, 0.1) is 0 Å². The van der Waals surface area contributed by atoms with Crippen molar-refractivity contribution in [1.29, 1.82) is 0 Å². The Balaban J connectivity index is 2.28. The number of ether oxygens (including phenoxy) is 3. The Kier molecular flexibility index (Phi) is 6.96. The number of nitrogens with zero attached hydrogens (tertiary/aromatic N) is 2. The molecule has 0 N–H and O–H groups in total. The van der Waals surface area contributed by atoms with E-state index in [0.717, 1.165) is 23.8 Å². The van der Waals surface area contributed by atoms with E-state index in [9.17, 15) is 14.4 Å². The van der Waals surface area contributed by atoms with Gasteiger partial charge in [0, 0.05) is 0 Å². The summed E-state index contributed by atoms with van der Waals surface area (Å²) in [4.78, 5) is 39.1. The maximum Gasteiger partial charge on any atom is 0.359 e. The van der Waals surface area contributed by atoms with Crippen LogP contribution in [-0.4, -0.2) is 49.0 Å². The molecule has 182 valence electrons.